The summed E-state index contributed by atoms with van der Waals surface area (Å²) >= 11 is 0. The standard InChI is InChI=1S/C18H25N3O2/c1-12(15-11-16(15)13-5-3-2-4-6-13)20-18(23)21-9-7-14(8-10-21)17(19)22/h2-6,12,14-16H,7-11H2,1H3,(H2,19,22)(H,20,23)/t12-,15+,16+/m0/s1. The minimum atomic E-state index is -0.248. The van der Waals surface area contributed by atoms with Crippen LogP contribution >= 0.6 is 0 Å². The number of carbonyl (C=O) groups is 2. The highest BCUT2D eigenvalue weighted by atomic mass is 16.2. The molecule has 0 spiro atoms. The van der Waals surface area contributed by atoms with Crippen LogP contribution in [0.4, 0.5) is 4.79 Å². The van der Waals surface area contributed by atoms with Gasteiger partial charge >= 0.3 is 6.03 Å². The minimum absolute atomic E-state index is 0.0147. The second-order valence-electron chi connectivity index (χ2n) is 6.82. The Kier molecular flexibility index (Phi) is 4.55. The fourth-order valence-corrected chi connectivity index (χ4v) is 3.61. The first-order chi connectivity index (χ1) is 11.1. The zero-order chi connectivity index (χ0) is 16.4. The second kappa shape index (κ2) is 6.60. The van der Waals surface area contributed by atoms with Crippen molar-refractivity contribution < 1.29 is 9.59 Å². The Hall–Kier alpha value is -2.04. The Labute approximate surface area is 137 Å². The summed E-state index contributed by atoms with van der Waals surface area (Å²) in [5.74, 6) is 0.751. The molecule has 3 rings (SSSR count). The van der Waals surface area contributed by atoms with Crippen LogP contribution in [0.5, 0.6) is 0 Å². The van der Waals surface area contributed by atoms with Crippen LogP contribution in [0.2, 0.25) is 0 Å². The average molecular weight is 315 g/mol. The number of nitrogens with two attached hydrogens (primary N) is 1. The molecule has 5 heteroatoms. The maximum atomic E-state index is 12.4. The van der Waals surface area contributed by atoms with Crippen LogP contribution in [0, 0.1) is 11.8 Å². The third-order valence-electron chi connectivity index (χ3n) is 5.25. The first-order valence-electron chi connectivity index (χ1n) is 8.46. The average Bonchev–Trinajstić information content (AvgIpc) is 3.36. The third kappa shape index (κ3) is 3.66. The number of nitrogens with one attached hydrogen (secondary N) is 1. The number of amides is 3. The predicted octanol–water partition coefficient (Wildman–Crippen LogP) is 2.09. The van der Waals surface area contributed by atoms with Crippen LogP contribution in [0.1, 0.15) is 37.7 Å². The molecule has 0 radical (unpaired) electrons. The molecule has 3 N–H and O–H groups in total. The largest absolute Gasteiger partial charge is 0.369 e. The number of rotatable bonds is 4. The van der Waals surface area contributed by atoms with Crippen molar-refractivity contribution in [1.82, 2.24) is 10.2 Å². The number of piperidine rings is 1. The van der Waals surface area contributed by atoms with Crippen molar-refractivity contribution in [1.29, 1.82) is 0 Å². The highest BCUT2D eigenvalue weighted by Crippen LogP contribution is 2.49. The van der Waals surface area contributed by atoms with Gasteiger partial charge in [-0.25, -0.2) is 4.79 Å². The van der Waals surface area contributed by atoms with E-state index in [1.807, 2.05) is 6.07 Å². The number of urea groups is 1. The summed E-state index contributed by atoms with van der Waals surface area (Å²) in [5, 5.41) is 3.13. The SMILES string of the molecule is C[C@H](NC(=O)N1CCC(C(N)=O)CC1)[C@H]1C[C@@H]1c1ccccc1. The summed E-state index contributed by atoms with van der Waals surface area (Å²) in [6.45, 7) is 3.31. The molecule has 3 amide bonds. The molecule has 1 aliphatic carbocycles. The van der Waals surface area contributed by atoms with Gasteiger partial charge in [0.05, 0.1) is 0 Å². The fourth-order valence-electron chi connectivity index (χ4n) is 3.61. The lowest BCUT2D eigenvalue weighted by molar-refractivity contribution is -0.123. The number of likely N-dealkylation sites (tertiary alicyclic amines) is 1. The Morgan fingerprint density at radius 1 is 1.22 bits per heavy atom. The second-order valence-corrected chi connectivity index (χ2v) is 6.82. The Morgan fingerprint density at radius 2 is 1.87 bits per heavy atom. The van der Waals surface area contributed by atoms with Crippen molar-refractivity contribution in [3.8, 4) is 0 Å². The molecule has 2 fully saturated rings. The van der Waals surface area contributed by atoms with Gasteiger partial charge in [0.2, 0.25) is 5.91 Å². The number of carbonyl (C=O) groups excluding carboxylic acids is 2. The number of hydrogen-bond acceptors (Lipinski definition) is 2. The lowest BCUT2D eigenvalue weighted by Gasteiger charge is -2.31. The van der Waals surface area contributed by atoms with E-state index in [9.17, 15) is 9.59 Å². The van der Waals surface area contributed by atoms with Gasteiger partial charge in [0, 0.05) is 25.0 Å². The van der Waals surface area contributed by atoms with Crippen LogP contribution in [-0.4, -0.2) is 36.0 Å². The van der Waals surface area contributed by atoms with E-state index in [1.54, 1.807) is 4.90 Å². The van der Waals surface area contributed by atoms with Crippen molar-refractivity contribution >= 4 is 11.9 Å². The van der Waals surface area contributed by atoms with E-state index in [1.165, 1.54) is 5.56 Å². The lowest BCUT2D eigenvalue weighted by atomic mass is 9.96. The smallest absolute Gasteiger partial charge is 0.317 e. The first-order valence-corrected chi connectivity index (χ1v) is 8.46. The highest BCUT2D eigenvalue weighted by molar-refractivity contribution is 5.78. The van der Waals surface area contributed by atoms with Crippen molar-refractivity contribution in [2.75, 3.05) is 13.1 Å². The van der Waals surface area contributed by atoms with Crippen LogP contribution in [0.15, 0.2) is 30.3 Å². The van der Waals surface area contributed by atoms with Crippen LogP contribution in [0.25, 0.3) is 0 Å². The summed E-state index contributed by atoms with van der Waals surface area (Å²) in [4.78, 5) is 25.3. The van der Waals surface area contributed by atoms with Crippen LogP contribution in [-0.2, 0) is 4.79 Å². The Morgan fingerprint density at radius 3 is 2.48 bits per heavy atom. The molecular formula is C18H25N3O2. The molecule has 1 aliphatic heterocycles. The van der Waals surface area contributed by atoms with Crippen LogP contribution in [0.3, 0.4) is 0 Å². The van der Waals surface area contributed by atoms with Gasteiger partial charge in [-0.15, -0.1) is 0 Å². The molecule has 1 saturated carbocycles. The van der Waals surface area contributed by atoms with E-state index in [4.69, 9.17) is 5.73 Å². The molecule has 1 aromatic carbocycles. The molecule has 0 unspecified atom stereocenters. The molecule has 23 heavy (non-hydrogen) atoms. The number of primary amides is 1. The third-order valence-corrected chi connectivity index (χ3v) is 5.25. The molecule has 124 valence electrons. The molecule has 0 bridgehead atoms. The Balaban J connectivity index is 1.47. The van der Waals surface area contributed by atoms with Crippen LogP contribution < -0.4 is 11.1 Å². The van der Waals surface area contributed by atoms with E-state index in [0.717, 1.165) is 6.42 Å². The predicted molar refractivity (Wildman–Crippen MR) is 88.8 cm³/mol. The molecule has 3 atom stereocenters. The molecular weight excluding hydrogens is 290 g/mol. The van der Waals surface area contributed by atoms with Crippen molar-refractivity contribution in [2.24, 2.45) is 17.6 Å². The molecule has 5 nitrogen and oxygen atoms in total. The van der Waals surface area contributed by atoms with Gasteiger partial charge in [-0.05, 0) is 43.6 Å². The topological polar surface area (TPSA) is 75.4 Å². The van der Waals surface area contributed by atoms with Gasteiger partial charge < -0.3 is 16.0 Å². The maximum Gasteiger partial charge on any atom is 0.317 e. The molecule has 1 heterocycles. The molecule has 1 saturated heterocycles. The number of benzene rings is 1. The zero-order valence-electron chi connectivity index (χ0n) is 13.6. The summed E-state index contributed by atoms with van der Waals surface area (Å²) < 4.78 is 0. The molecule has 2 aliphatic rings. The van der Waals surface area contributed by atoms with E-state index in [2.05, 4.69) is 36.5 Å². The van der Waals surface area contributed by atoms with E-state index >= 15 is 0 Å². The van der Waals surface area contributed by atoms with Gasteiger partial charge in [0.1, 0.15) is 0 Å². The zero-order valence-corrected chi connectivity index (χ0v) is 13.6. The summed E-state index contributed by atoms with van der Waals surface area (Å²) in [5.41, 5.74) is 6.69. The Bertz CT molecular complexity index is 567. The summed E-state index contributed by atoms with van der Waals surface area (Å²) in [6.07, 6.45) is 2.48. The highest BCUT2D eigenvalue weighted by Gasteiger charge is 2.42. The van der Waals surface area contributed by atoms with Gasteiger partial charge in [0.25, 0.3) is 0 Å². The maximum absolute atomic E-state index is 12.4. The molecule has 0 aromatic heterocycles. The van der Waals surface area contributed by atoms with Crippen molar-refractivity contribution in [3.05, 3.63) is 35.9 Å². The summed E-state index contributed by atoms with van der Waals surface area (Å²) in [6, 6.07) is 10.6. The normalized spacial score (nSPS) is 25.7. The lowest BCUT2D eigenvalue weighted by Crippen LogP contribution is -2.49. The molecule has 1 aromatic rings. The van der Waals surface area contributed by atoms with E-state index in [0.29, 0.717) is 37.8 Å². The summed E-state index contributed by atoms with van der Waals surface area (Å²) in [7, 11) is 0. The number of nitrogens with zero attached hydrogens (tertiary/aromatic N) is 1. The van der Waals surface area contributed by atoms with Gasteiger partial charge in [-0.2, -0.15) is 0 Å². The van der Waals surface area contributed by atoms with E-state index in [-0.39, 0.29) is 23.9 Å². The minimum Gasteiger partial charge on any atom is -0.369 e. The van der Waals surface area contributed by atoms with Crippen molar-refractivity contribution in [3.63, 3.8) is 0 Å². The number of hydrogen-bond donors (Lipinski definition) is 2. The fraction of sp³-hybridized carbons (Fsp3) is 0.556. The van der Waals surface area contributed by atoms with Gasteiger partial charge in [0.15, 0.2) is 0 Å². The van der Waals surface area contributed by atoms with Gasteiger partial charge in [-0.3, -0.25) is 4.79 Å². The van der Waals surface area contributed by atoms with E-state index < -0.39 is 0 Å². The first kappa shape index (κ1) is 15.8. The van der Waals surface area contributed by atoms with Gasteiger partial charge in [-0.1, -0.05) is 30.3 Å². The monoisotopic (exact) mass is 315 g/mol. The quantitative estimate of drug-likeness (QED) is 0.892. The van der Waals surface area contributed by atoms with Crippen molar-refractivity contribution in [2.45, 2.75) is 38.1 Å².